The van der Waals surface area contributed by atoms with Gasteiger partial charge in [0.05, 0.1) is 16.5 Å². The van der Waals surface area contributed by atoms with Crippen LogP contribution >= 0.6 is 11.3 Å². The first-order chi connectivity index (χ1) is 6.42. The van der Waals surface area contributed by atoms with Crippen molar-refractivity contribution >= 4 is 11.3 Å². The van der Waals surface area contributed by atoms with Gasteiger partial charge in [-0.05, 0) is 25.9 Å². The van der Waals surface area contributed by atoms with E-state index in [0.717, 1.165) is 18.0 Å². The molecule has 0 saturated carbocycles. The number of nitrogens with zero attached hydrogens (tertiary/aromatic N) is 3. The first-order valence-electron chi connectivity index (χ1n) is 4.44. The third-order valence-corrected chi connectivity index (χ3v) is 3.18. The Labute approximate surface area is 81.6 Å². The number of aromatic nitrogens is 1. The van der Waals surface area contributed by atoms with Crippen LogP contribution in [-0.2, 0) is 0 Å². The summed E-state index contributed by atoms with van der Waals surface area (Å²) in [5, 5.41) is 9.05. The van der Waals surface area contributed by atoms with Crippen molar-refractivity contribution in [1.82, 2.24) is 9.88 Å². The van der Waals surface area contributed by atoms with Gasteiger partial charge in [0, 0.05) is 6.20 Å². The lowest BCUT2D eigenvalue weighted by Gasteiger charge is -2.19. The van der Waals surface area contributed by atoms with Gasteiger partial charge in [-0.25, -0.2) is 0 Å². The van der Waals surface area contributed by atoms with Crippen LogP contribution in [-0.4, -0.2) is 23.0 Å². The largest absolute Gasteiger partial charge is 0.284 e. The summed E-state index contributed by atoms with van der Waals surface area (Å²) in [6.07, 6.45) is 4.24. The second kappa shape index (κ2) is 3.86. The molecule has 0 bridgehead atoms. The third-order valence-electron chi connectivity index (χ3n) is 2.35. The van der Waals surface area contributed by atoms with Gasteiger partial charge in [-0.3, -0.25) is 9.88 Å². The Balaban J connectivity index is 2.14. The summed E-state index contributed by atoms with van der Waals surface area (Å²) in [5.41, 5.74) is 1.79. The minimum Gasteiger partial charge on any atom is -0.284 e. The molecular weight excluding hydrogens is 182 g/mol. The monoisotopic (exact) mass is 193 g/mol. The van der Waals surface area contributed by atoms with E-state index in [1.165, 1.54) is 12.8 Å². The van der Waals surface area contributed by atoms with Gasteiger partial charge in [-0.1, -0.05) is 0 Å². The van der Waals surface area contributed by atoms with Crippen LogP contribution in [0.4, 0.5) is 0 Å². The van der Waals surface area contributed by atoms with Gasteiger partial charge in [0.2, 0.25) is 0 Å². The van der Waals surface area contributed by atoms with Crippen LogP contribution in [0.15, 0.2) is 11.7 Å². The summed E-state index contributed by atoms with van der Waals surface area (Å²) in [6, 6.07) is 2.28. The molecule has 2 heterocycles. The molecular formula is C9H11N3S. The van der Waals surface area contributed by atoms with Crippen LogP contribution in [0.1, 0.15) is 23.8 Å². The van der Waals surface area contributed by atoms with Crippen molar-refractivity contribution in [1.29, 1.82) is 5.26 Å². The maximum atomic E-state index is 9.05. The summed E-state index contributed by atoms with van der Waals surface area (Å²) in [4.78, 5) is 7.31. The Kier molecular flexibility index (Phi) is 2.57. The van der Waals surface area contributed by atoms with E-state index < -0.39 is 0 Å². The Bertz CT molecular complexity index is 295. The molecule has 0 spiro atoms. The van der Waals surface area contributed by atoms with Crippen molar-refractivity contribution in [3.05, 3.63) is 16.6 Å². The minimum atomic E-state index is -0.0602. The summed E-state index contributed by atoms with van der Waals surface area (Å²) in [6.45, 7) is 2.10. The van der Waals surface area contributed by atoms with Crippen LogP contribution in [0.25, 0.3) is 0 Å². The van der Waals surface area contributed by atoms with Crippen LogP contribution in [0.2, 0.25) is 0 Å². The fourth-order valence-electron chi connectivity index (χ4n) is 1.69. The molecule has 0 aromatic carbocycles. The molecule has 1 atom stereocenters. The van der Waals surface area contributed by atoms with Gasteiger partial charge in [0.15, 0.2) is 0 Å². The molecule has 1 aliphatic heterocycles. The lowest BCUT2D eigenvalue weighted by molar-refractivity contribution is 0.297. The Hall–Kier alpha value is -0.920. The van der Waals surface area contributed by atoms with E-state index in [9.17, 15) is 0 Å². The predicted molar refractivity (Wildman–Crippen MR) is 51.3 cm³/mol. The normalized spacial score (nSPS) is 19.9. The first kappa shape index (κ1) is 8.67. The number of hydrogen-bond acceptors (Lipinski definition) is 4. The Morgan fingerprint density at radius 1 is 1.54 bits per heavy atom. The zero-order valence-electron chi connectivity index (χ0n) is 7.31. The molecule has 1 fully saturated rings. The zero-order valence-corrected chi connectivity index (χ0v) is 8.13. The second-order valence-electron chi connectivity index (χ2n) is 3.18. The second-order valence-corrected chi connectivity index (χ2v) is 4.10. The summed E-state index contributed by atoms with van der Waals surface area (Å²) in [5.74, 6) is 0. The SMILES string of the molecule is N#CC(c1cncs1)N1CCCC1. The third kappa shape index (κ3) is 1.71. The van der Waals surface area contributed by atoms with Gasteiger partial charge in [0.1, 0.15) is 6.04 Å². The number of nitriles is 1. The average molecular weight is 193 g/mol. The molecule has 1 aromatic rings. The van der Waals surface area contributed by atoms with Gasteiger partial charge < -0.3 is 0 Å². The highest BCUT2D eigenvalue weighted by Crippen LogP contribution is 2.26. The van der Waals surface area contributed by atoms with Crippen LogP contribution in [0.5, 0.6) is 0 Å². The summed E-state index contributed by atoms with van der Waals surface area (Å²) in [7, 11) is 0. The molecule has 0 amide bonds. The van der Waals surface area contributed by atoms with E-state index in [2.05, 4.69) is 16.0 Å². The zero-order chi connectivity index (χ0) is 9.10. The van der Waals surface area contributed by atoms with Crippen molar-refractivity contribution in [2.45, 2.75) is 18.9 Å². The minimum absolute atomic E-state index is 0.0602. The van der Waals surface area contributed by atoms with Crippen molar-refractivity contribution in [2.75, 3.05) is 13.1 Å². The quantitative estimate of drug-likeness (QED) is 0.719. The molecule has 1 unspecified atom stereocenters. The van der Waals surface area contributed by atoms with E-state index >= 15 is 0 Å². The molecule has 68 valence electrons. The smallest absolute Gasteiger partial charge is 0.134 e. The molecule has 1 aromatic heterocycles. The van der Waals surface area contributed by atoms with Crippen molar-refractivity contribution in [3.63, 3.8) is 0 Å². The van der Waals surface area contributed by atoms with Gasteiger partial charge in [-0.2, -0.15) is 5.26 Å². The van der Waals surface area contributed by atoms with E-state index in [1.807, 2.05) is 0 Å². The van der Waals surface area contributed by atoms with Crippen LogP contribution in [0, 0.1) is 11.3 Å². The maximum absolute atomic E-state index is 9.05. The molecule has 3 nitrogen and oxygen atoms in total. The molecule has 1 saturated heterocycles. The van der Waals surface area contributed by atoms with Crippen molar-refractivity contribution in [3.8, 4) is 6.07 Å². The molecule has 0 radical (unpaired) electrons. The molecule has 0 aliphatic carbocycles. The molecule has 0 N–H and O–H groups in total. The fraction of sp³-hybridized carbons (Fsp3) is 0.556. The Morgan fingerprint density at radius 3 is 2.85 bits per heavy atom. The molecule has 1 aliphatic rings. The fourth-order valence-corrected chi connectivity index (χ4v) is 2.38. The first-order valence-corrected chi connectivity index (χ1v) is 5.32. The molecule has 2 rings (SSSR count). The summed E-state index contributed by atoms with van der Waals surface area (Å²) < 4.78 is 0. The van der Waals surface area contributed by atoms with Crippen LogP contribution in [0.3, 0.4) is 0 Å². The van der Waals surface area contributed by atoms with Gasteiger partial charge in [0.25, 0.3) is 0 Å². The number of hydrogen-bond donors (Lipinski definition) is 0. The van der Waals surface area contributed by atoms with Crippen LogP contribution < -0.4 is 0 Å². The standard InChI is InChI=1S/C9H11N3S/c10-5-8(9-6-11-7-13-9)12-3-1-2-4-12/h6-8H,1-4H2. The van der Waals surface area contributed by atoms with E-state index in [0.29, 0.717) is 0 Å². The predicted octanol–water partition coefficient (Wildman–Crippen LogP) is 1.80. The summed E-state index contributed by atoms with van der Waals surface area (Å²) >= 11 is 1.57. The number of rotatable bonds is 2. The topological polar surface area (TPSA) is 39.9 Å². The van der Waals surface area contributed by atoms with Gasteiger partial charge in [-0.15, -0.1) is 11.3 Å². The van der Waals surface area contributed by atoms with Crippen molar-refractivity contribution in [2.24, 2.45) is 0 Å². The lowest BCUT2D eigenvalue weighted by Crippen LogP contribution is -2.23. The lowest BCUT2D eigenvalue weighted by atomic mass is 10.2. The average Bonchev–Trinajstić information content (AvgIpc) is 2.76. The molecule has 13 heavy (non-hydrogen) atoms. The Morgan fingerprint density at radius 2 is 2.31 bits per heavy atom. The highest BCUT2D eigenvalue weighted by Gasteiger charge is 2.23. The maximum Gasteiger partial charge on any atom is 0.134 e. The number of likely N-dealkylation sites (tertiary alicyclic amines) is 1. The molecule has 4 heteroatoms. The van der Waals surface area contributed by atoms with E-state index in [-0.39, 0.29) is 6.04 Å². The highest BCUT2D eigenvalue weighted by atomic mass is 32.1. The van der Waals surface area contributed by atoms with E-state index in [1.54, 1.807) is 23.0 Å². The van der Waals surface area contributed by atoms with E-state index in [4.69, 9.17) is 5.26 Å². The van der Waals surface area contributed by atoms with Crippen molar-refractivity contribution < 1.29 is 0 Å². The number of thiazole rings is 1. The highest BCUT2D eigenvalue weighted by molar-refractivity contribution is 7.09. The van der Waals surface area contributed by atoms with Gasteiger partial charge >= 0.3 is 0 Å².